The second-order valence-corrected chi connectivity index (χ2v) is 8.68. The molecule has 6 nitrogen and oxygen atoms in total. The van der Waals surface area contributed by atoms with Crippen LogP contribution in [0, 0.1) is 0 Å². The zero-order valence-corrected chi connectivity index (χ0v) is 17.3. The van der Waals surface area contributed by atoms with E-state index < -0.39 is 6.17 Å². The fourth-order valence-corrected chi connectivity index (χ4v) is 4.94. The van der Waals surface area contributed by atoms with Crippen molar-refractivity contribution in [1.82, 2.24) is 9.66 Å². The van der Waals surface area contributed by atoms with Crippen LogP contribution in [0.25, 0.3) is 5.57 Å². The summed E-state index contributed by atoms with van der Waals surface area (Å²) in [6.07, 6.45) is 8.76. The van der Waals surface area contributed by atoms with Crippen LogP contribution in [-0.2, 0) is 0 Å². The molecule has 0 saturated heterocycles. The lowest BCUT2D eigenvalue weighted by atomic mass is 9.85. The van der Waals surface area contributed by atoms with Crippen LogP contribution in [0.4, 0.5) is 4.39 Å². The third-order valence-corrected chi connectivity index (χ3v) is 6.88. The molecule has 1 fully saturated rings. The van der Waals surface area contributed by atoms with Crippen LogP contribution in [-0.4, -0.2) is 21.7 Å². The van der Waals surface area contributed by atoms with Crippen molar-refractivity contribution in [2.45, 2.75) is 56.7 Å². The van der Waals surface area contributed by atoms with E-state index in [1.54, 1.807) is 6.34 Å². The normalized spacial score (nSPS) is 25.2. The number of hydrogen-bond acceptors (Lipinski definition) is 5. The van der Waals surface area contributed by atoms with Crippen LogP contribution in [0.3, 0.4) is 0 Å². The summed E-state index contributed by atoms with van der Waals surface area (Å²) in [4.78, 5) is 14.1. The lowest BCUT2D eigenvalue weighted by Crippen LogP contribution is -2.30. The van der Waals surface area contributed by atoms with E-state index in [9.17, 15) is 0 Å². The molecule has 0 amide bonds. The van der Waals surface area contributed by atoms with Gasteiger partial charge in [0, 0.05) is 11.5 Å². The summed E-state index contributed by atoms with van der Waals surface area (Å²) in [6.45, 7) is 0. The zero-order valence-electron chi connectivity index (χ0n) is 17.3. The highest BCUT2D eigenvalue weighted by Gasteiger charge is 2.36. The van der Waals surface area contributed by atoms with Gasteiger partial charge in [0.25, 0.3) is 0 Å². The average molecular weight is 417 g/mol. The highest BCUT2D eigenvalue weighted by molar-refractivity contribution is 6.16. The molecule has 2 aliphatic carbocycles. The fraction of sp³-hybridized carbons (Fsp3) is 0.375. The topological polar surface area (TPSA) is 80.6 Å². The van der Waals surface area contributed by atoms with Crippen LogP contribution in [0.15, 0.2) is 57.8 Å². The number of rotatable bonds is 3. The standard InChI is InChI=1S/C24H25FN6/c25-19-17(11-9-15-10-12-18(29-20(15)19)14-5-2-1-3-6-14)21-22-23(26)27-13-28-31(22)24(30-21)16-7-4-8-16/h1-3,5-6,10,13,16,18,23H,4,7-9,11-12,26H2,(H,27,28). The van der Waals surface area contributed by atoms with E-state index in [1.807, 2.05) is 22.9 Å². The first-order chi connectivity index (χ1) is 15.2. The molecule has 2 atom stereocenters. The Labute approximate surface area is 180 Å². The molecule has 31 heavy (non-hydrogen) atoms. The number of halogens is 1. The predicted octanol–water partition coefficient (Wildman–Crippen LogP) is 4.68. The van der Waals surface area contributed by atoms with Crippen LogP contribution < -0.4 is 11.2 Å². The Morgan fingerprint density at radius 1 is 1.13 bits per heavy atom. The predicted molar refractivity (Wildman–Crippen MR) is 120 cm³/mol. The van der Waals surface area contributed by atoms with Gasteiger partial charge in [0.05, 0.1) is 17.4 Å². The summed E-state index contributed by atoms with van der Waals surface area (Å²) in [6, 6.07) is 10.0. The van der Waals surface area contributed by atoms with Gasteiger partial charge in [-0.3, -0.25) is 10.4 Å². The molecule has 0 radical (unpaired) electrons. The van der Waals surface area contributed by atoms with Gasteiger partial charge >= 0.3 is 0 Å². The number of dihydropyridines is 1. The summed E-state index contributed by atoms with van der Waals surface area (Å²) < 4.78 is 17.8. The first kappa shape index (κ1) is 18.7. The fourth-order valence-electron chi connectivity index (χ4n) is 4.94. The number of aliphatic imine (C=N–C) groups is 2. The van der Waals surface area contributed by atoms with Gasteiger partial charge in [0.15, 0.2) is 5.83 Å². The Morgan fingerprint density at radius 3 is 2.74 bits per heavy atom. The number of imidazole rings is 1. The Hall–Kier alpha value is -3.06. The van der Waals surface area contributed by atoms with Crippen LogP contribution in [0.5, 0.6) is 0 Å². The van der Waals surface area contributed by atoms with E-state index in [2.05, 4.69) is 28.6 Å². The summed E-state index contributed by atoms with van der Waals surface area (Å²) in [7, 11) is 0. The van der Waals surface area contributed by atoms with Gasteiger partial charge in [-0.25, -0.2) is 19.0 Å². The van der Waals surface area contributed by atoms with Gasteiger partial charge in [0.2, 0.25) is 0 Å². The van der Waals surface area contributed by atoms with E-state index in [0.29, 0.717) is 29.3 Å². The number of nitrogens with one attached hydrogen (secondary N) is 1. The third kappa shape index (κ3) is 2.98. The summed E-state index contributed by atoms with van der Waals surface area (Å²) in [5.41, 5.74) is 14.1. The Morgan fingerprint density at radius 2 is 1.97 bits per heavy atom. The lowest BCUT2D eigenvalue weighted by Gasteiger charge is -2.27. The largest absolute Gasteiger partial charge is 0.305 e. The molecule has 2 unspecified atom stereocenters. The van der Waals surface area contributed by atoms with E-state index >= 15 is 4.39 Å². The Bertz CT molecular complexity index is 1150. The van der Waals surface area contributed by atoms with E-state index in [4.69, 9.17) is 15.7 Å². The number of aromatic nitrogens is 2. The molecule has 0 bridgehead atoms. The Kier molecular flexibility index (Phi) is 4.38. The van der Waals surface area contributed by atoms with E-state index in [-0.39, 0.29) is 11.9 Å². The molecule has 2 aliphatic heterocycles. The van der Waals surface area contributed by atoms with E-state index in [1.165, 1.54) is 6.42 Å². The van der Waals surface area contributed by atoms with Crippen molar-refractivity contribution in [3.63, 3.8) is 0 Å². The summed E-state index contributed by atoms with van der Waals surface area (Å²) in [5.74, 6) is 1.06. The van der Waals surface area contributed by atoms with Crippen LogP contribution in [0.1, 0.15) is 79.4 Å². The zero-order chi connectivity index (χ0) is 20.9. The summed E-state index contributed by atoms with van der Waals surface area (Å²) >= 11 is 0. The molecular formula is C24H25FN6. The number of hydrogen-bond donors (Lipinski definition) is 2. The molecular weight excluding hydrogens is 391 g/mol. The number of nitrogens with two attached hydrogens (primary N) is 1. The highest BCUT2D eigenvalue weighted by atomic mass is 19.1. The van der Waals surface area contributed by atoms with Crippen molar-refractivity contribution in [2.24, 2.45) is 15.7 Å². The molecule has 1 saturated carbocycles. The molecule has 1 aromatic carbocycles. The smallest absolute Gasteiger partial charge is 0.154 e. The number of fused-ring (bicyclic) bond motifs is 2. The first-order valence-electron chi connectivity index (χ1n) is 11.1. The van der Waals surface area contributed by atoms with Crippen LogP contribution >= 0.6 is 0 Å². The SMILES string of the molecule is NC1N=CNn2c(C3CCC3)nc(C3=C(F)C4=NC(c5ccccc5)CC=C4CC3)c21. The second kappa shape index (κ2) is 7.27. The van der Waals surface area contributed by atoms with Gasteiger partial charge in [-0.1, -0.05) is 42.8 Å². The molecule has 1 aromatic heterocycles. The minimum absolute atomic E-state index is 0.0555. The second-order valence-electron chi connectivity index (χ2n) is 8.68. The molecule has 6 rings (SSSR count). The number of allylic oxidation sites excluding steroid dienone is 3. The maximum absolute atomic E-state index is 15.9. The third-order valence-electron chi connectivity index (χ3n) is 6.88. The summed E-state index contributed by atoms with van der Waals surface area (Å²) in [5, 5.41) is 0. The maximum atomic E-state index is 15.9. The highest BCUT2D eigenvalue weighted by Crippen LogP contribution is 2.43. The number of nitrogens with zero attached hydrogens (tertiary/aromatic N) is 4. The van der Waals surface area contributed by atoms with Gasteiger partial charge < -0.3 is 5.73 Å². The Balaban J connectivity index is 1.45. The first-order valence-corrected chi connectivity index (χ1v) is 11.1. The molecule has 7 heteroatoms. The van der Waals surface area contributed by atoms with E-state index in [0.717, 1.165) is 48.3 Å². The molecule has 0 spiro atoms. The van der Waals surface area contributed by atoms with Crippen molar-refractivity contribution < 1.29 is 4.39 Å². The molecule has 158 valence electrons. The van der Waals surface area contributed by atoms with Crippen molar-refractivity contribution in [3.05, 3.63) is 70.6 Å². The lowest BCUT2D eigenvalue weighted by molar-refractivity contribution is 0.393. The van der Waals surface area contributed by atoms with Crippen molar-refractivity contribution in [2.75, 3.05) is 5.43 Å². The monoisotopic (exact) mass is 416 g/mol. The molecule has 4 aliphatic rings. The minimum Gasteiger partial charge on any atom is -0.305 e. The van der Waals surface area contributed by atoms with Crippen molar-refractivity contribution in [3.8, 4) is 0 Å². The van der Waals surface area contributed by atoms with Gasteiger partial charge in [-0.05, 0) is 43.2 Å². The van der Waals surface area contributed by atoms with Gasteiger partial charge in [-0.15, -0.1) is 0 Å². The average Bonchev–Trinajstić information content (AvgIpc) is 3.13. The van der Waals surface area contributed by atoms with Gasteiger partial charge in [0.1, 0.15) is 24.0 Å². The molecule has 2 aromatic rings. The number of benzene rings is 1. The molecule has 3 N–H and O–H groups in total. The van der Waals surface area contributed by atoms with Crippen molar-refractivity contribution in [1.29, 1.82) is 0 Å². The quantitative estimate of drug-likeness (QED) is 0.762. The van der Waals surface area contributed by atoms with Gasteiger partial charge in [-0.2, -0.15) is 0 Å². The van der Waals surface area contributed by atoms with Crippen molar-refractivity contribution >= 4 is 17.6 Å². The maximum Gasteiger partial charge on any atom is 0.154 e. The minimum atomic E-state index is -0.555. The molecule has 3 heterocycles. The van der Waals surface area contributed by atoms with Crippen LogP contribution in [0.2, 0.25) is 0 Å².